The molecule has 1 aromatic rings. The van der Waals surface area contributed by atoms with Crippen LogP contribution in [-0.2, 0) is 4.74 Å². The second kappa shape index (κ2) is 4.49. The van der Waals surface area contributed by atoms with E-state index in [2.05, 4.69) is 33.2 Å². The highest BCUT2D eigenvalue weighted by molar-refractivity contribution is 9.10. The molecule has 1 aromatic heterocycles. The van der Waals surface area contributed by atoms with Gasteiger partial charge < -0.3 is 10.1 Å². The van der Waals surface area contributed by atoms with E-state index >= 15 is 0 Å². The predicted molar refractivity (Wildman–Crippen MR) is 64.0 cm³/mol. The maximum Gasteiger partial charge on any atom is 0.0542 e. The smallest absolute Gasteiger partial charge is 0.0542 e. The lowest BCUT2D eigenvalue weighted by atomic mass is 9.92. The van der Waals surface area contributed by atoms with E-state index in [1.165, 1.54) is 0 Å². The van der Waals surface area contributed by atoms with Crippen molar-refractivity contribution >= 4 is 21.6 Å². The fraction of sp³-hybridized carbons (Fsp3) is 0.545. The first-order chi connectivity index (χ1) is 7.18. The Balaban J connectivity index is 2.06. The lowest BCUT2D eigenvalue weighted by molar-refractivity contribution is 0.0658. The Hall–Kier alpha value is -0.610. The highest BCUT2D eigenvalue weighted by Crippen LogP contribution is 2.26. The molecule has 1 aliphatic heterocycles. The second-order valence-electron chi connectivity index (χ2n) is 4.19. The largest absolute Gasteiger partial charge is 0.381 e. The molecule has 0 bridgehead atoms. The monoisotopic (exact) mass is 270 g/mol. The van der Waals surface area contributed by atoms with Crippen LogP contribution in [0.3, 0.4) is 0 Å². The molecule has 0 aliphatic carbocycles. The Bertz CT molecular complexity index is 337. The van der Waals surface area contributed by atoms with Crippen molar-refractivity contribution in [2.24, 2.45) is 0 Å². The minimum atomic E-state index is 0.140. The molecule has 0 saturated carbocycles. The average Bonchev–Trinajstić information content (AvgIpc) is 2.18. The summed E-state index contributed by atoms with van der Waals surface area (Å²) in [6, 6.07) is 2.05. The molecule has 1 aliphatic rings. The first-order valence-corrected chi connectivity index (χ1v) is 5.94. The van der Waals surface area contributed by atoms with Gasteiger partial charge in [-0.25, -0.2) is 0 Å². The summed E-state index contributed by atoms with van der Waals surface area (Å²) in [5, 5.41) is 3.53. The van der Waals surface area contributed by atoms with Gasteiger partial charge in [-0.2, -0.15) is 0 Å². The van der Waals surface area contributed by atoms with Crippen molar-refractivity contribution in [2.75, 3.05) is 18.5 Å². The Labute approximate surface area is 98.4 Å². The van der Waals surface area contributed by atoms with Gasteiger partial charge >= 0.3 is 0 Å². The molecule has 82 valence electrons. The minimum Gasteiger partial charge on any atom is -0.381 e. The third kappa shape index (κ3) is 2.92. The zero-order chi connectivity index (χ0) is 10.7. The Morgan fingerprint density at radius 1 is 1.40 bits per heavy atom. The van der Waals surface area contributed by atoms with E-state index < -0.39 is 0 Å². The summed E-state index contributed by atoms with van der Waals surface area (Å²) in [4.78, 5) is 4.14. The normalized spacial score (nSPS) is 19.9. The van der Waals surface area contributed by atoms with Gasteiger partial charge in [-0.1, -0.05) is 0 Å². The highest BCUT2D eigenvalue weighted by Gasteiger charge is 2.26. The lowest BCUT2D eigenvalue weighted by Crippen LogP contribution is -2.40. The van der Waals surface area contributed by atoms with Crippen LogP contribution in [0.2, 0.25) is 0 Å². The van der Waals surface area contributed by atoms with Gasteiger partial charge in [0, 0.05) is 29.4 Å². The van der Waals surface area contributed by atoms with E-state index in [4.69, 9.17) is 4.74 Å². The van der Waals surface area contributed by atoms with E-state index in [0.717, 1.165) is 36.2 Å². The molecule has 1 fully saturated rings. The van der Waals surface area contributed by atoms with Gasteiger partial charge in [-0.15, -0.1) is 0 Å². The van der Waals surface area contributed by atoms with E-state index in [0.29, 0.717) is 0 Å². The number of anilines is 1. The number of hydrogen-bond acceptors (Lipinski definition) is 3. The molecule has 0 spiro atoms. The number of pyridine rings is 1. The Kier molecular flexibility index (Phi) is 3.26. The number of nitrogens with zero attached hydrogens (tertiary/aromatic N) is 1. The van der Waals surface area contributed by atoms with Gasteiger partial charge in [0.05, 0.1) is 11.9 Å². The third-order valence-corrected chi connectivity index (χ3v) is 3.18. The van der Waals surface area contributed by atoms with Crippen molar-refractivity contribution in [1.82, 2.24) is 4.98 Å². The summed E-state index contributed by atoms with van der Waals surface area (Å²) < 4.78 is 6.36. The maximum absolute atomic E-state index is 5.36. The Morgan fingerprint density at radius 2 is 2.13 bits per heavy atom. The van der Waals surface area contributed by atoms with Crippen molar-refractivity contribution in [2.45, 2.75) is 25.3 Å². The van der Waals surface area contributed by atoms with E-state index in [1.54, 1.807) is 6.20 Å². The van der Waals surface area contributed by atoms with Crippen molar-refractivity contribution in [3.8, 4) is 0 Å². The van der Waals surface area contributed by atoms with Gasteiger partial charge in [0.2, 0.25) is 0 Å². The SMILES string of the molecule is CC1(Nc2cncc(Br)c2)CCOCC1. The summed E-state index contributed by atoms with van der Waals surface area (Å²) in [6.07, 6.45) is 5.72. The number of aromatic nitrogens is 1. The second-order valence-corrected chi connectivity index (χ2v) is 5.11. The van der Waals surface area contributed by atoms with Gasteiger partial charge in [0.15, 0.2) is 0 Å². The molecule has 0 aromatic carbocycles. The topological polar surface area (TPSA) is 34.2 Å². The average molecular weight is 271 g/mol. The molecule has 2 rings (SSSR count). The standard InChI is InChI=1S/C11H15BrN2O/c1-11(2-4-15-5-3-11)14-10-6-9(12)7-13-8-10/h6-8,14H,2-5H2,1H3. The highest BCUT2D eigenvalue weighted by atomic mass is 79.9. The molecule has 0 amide bonds. The summed E-state index contributed by atoms with van der Waals surface area (Å²) >= 11 is 3.42. The molecule has 15 heavy (non-hydrogen) atoms. The van der Waals surface area contributed by atoms with Crippen molar-refractivity contribution in [3.05, 3.63) is 22.9 Å². The fourth-order valence-electron chi connectivity index (χ4n) is 1.78. The van der Waals surface area contributed by atoms with Gasteiger partial charge in [0.1, 0.15) is 0 Å². The molecule has 1 N–H and O–H groups in total. The number of rotatable bonds is 2. The third-order valence-electron chi connectivity index (χ3n) is 2.75. The van der Waals surface area contributed by atoms with Gasteiger partial charge in [-0.3, -0.25) is 4.98 Å². The van der Waals surface area contributed by atoms with Crippen LogP contribution in [0.15, 0.2) is 22.9 Å². The fourth-order valence-corrected chi connectivity index (χ4v) is 2.14. The van der Waals surface area contributed by atoms with E-state index in [1.807, 2.05) is 12.3 Å². The van der Waals surface area contributed by atoms with Gasteiger partial charge in [-0.05, 0) is 41.8 Å². The zero-order valence-corrected chi connectivity index (χ0v) is 10.4. The molecule has 1 saturated heterocycles. The maximum atomic E-state index is 5.36. The van der Waals surface area contributed by atoms with Crippen LogP contribution >= 0.6 is 15.9 Å². The van der Waals surface area contributed by atoms with Gasteiger partial charge in [0.25, 0.3) is 0 Å². The first-order valence-electron chi connectivity index (χ1n) is 5.14. The molecule has 2 heterocycles. The summed E-state index contributed by atoms with van der Waals surface area (Å²) in [5.74, 6) is 0. The summed E-state index contributed by atoms with van der Waals surface area (Å²) in [5.41, 5.74) is 1.20. The van der Waals surface area contributed by atoms with Crippen LogP contribution in [-0.4, -0.2) is 23.7 Å². The first kappa shape index (κ1) is 10.9. The number of nitrogens with one attached hydrogen (secondary N) is 1. The van der Waals surface area contributed by atoms with Crippen molar-refractivity contribution in [3.63, 3.8) is 0 Å². The molecular formula is C11H15BrN2O. The molecular weight excluding hydrogens is 256 g/mol. The van der Waals surface area contributed by atoms with Crippen LogP contribution in [0, 0.1) is 0 Å². The molecule has 0 atom stereocenters. The number of halogens is 1. The van der Waals surface area contributed by atoms with Crippen LogP contribution in [0.4, 0.5) is 5.69 Å². The zero-order valence-electron chi connectivity index (χ0n) is 8.79. The quantitative estimate of drug-likeness (QED) is 0.898. The van der Waals surface area contributed by atoms with Crippen molar-refractivity contribution < 1.29 is 4.74 Å². The lowest BCUT2D eigenvalue weighted by Gasteiger charge is -2.35. The molecule has 0 radical (unpaired) electrons. The van der Waals surface area contributed by atoms with Crippen LogP contribution in [0.25, 0.3) is 0 Å². The molecule has 4 heteroatoms. The number of ether oxygens (including phenoxy) is 1. The molecule has 3 nitrogen and oxygen atoms in total. The minimum absolute atomic E-state index is 0.140. The van der Waals surface area contributed by atoms with Crippen LogP contribution < -0.4 is 5.32 Å². The van der Waals surface area contributed by atoms with Crippen molar-refractivity contribution in [1.29, 1.82) is 0 Å². The Morgan fingerprint density at radius 3 is 2.80 bits per heavy atom. The predicted octanol–water partition coefficient (Wildman–Crippen LogP) is 2.83. The van der Waals surface area contributed by atoms with E-state index in [9.17, 15) is 0 Å². The summed E-state index contributed by atoms with van der Waals surface area (Å²) in [7, 11) is 0. The van der Waals surface area contributed by atoms with Crippen LogP contribution in [0.1, 0.15) is 19.8 Å². The summed E-state index contributed by atoms with van der Waals surface area (Å²) in [6.45, 7) is 3.91. The van der Waals surface area contributed by atoms with Crippen LogP contribution in [0.5, 0.6) is 0 Å². The molecule has 0 unspecified atom stereocenters. The number of hydrogen-bond donors (Lipinski definition) is 1. The van der Waals surface area contributed by atoms with E-state index in [-0.39, 0.29) is 5.54 Å².